The molecule has 0 aliphatic rings. The number of carbonyl (C=O) groups is 2. The minimum Gasteiger partial charge on any atom is -0.491 e. The lowest BCUT2D eigenvalue weighted by molar-refractivity contribution is -0.114. The zero-order valence-electron chi connectivity index (χ0n) is 16.5. The number of amides is 2. The van der Waals surface area contributed by atoms with Gasteiger partial charge in [0.25, 0.3) is 5.91 Å². The molecule has 0 radical (unpaired) electrons. The number of anilines is 2. The zero-order chi connectivity index (χ0) is 20.4. The van der Waals surface area contributed by atoms with Crippen LogP contribution in [0.15, 0.2) is 48.5 Å². The molecule has 0 bridgehead atoms. The highest BCUT2D eigenvalue weighted by Gasteiger charge is 2.09. The lowest BCUT2D eigenvalue weighted by Gasteiger charge is -2.11. The van der Waals surface area contributed by atoms with Gasteiger partial charge in [-0.25, -0.2) is 0 Å². The molecule has 0 aromatic heterocycles. The van der Waals surface area contributed by atoms with Gasteiger partial charge in [-0.2, -0.15) is 0 Å². The van der Waals surface area contributed by atoms with Crippen LogP contribution in [0.25, 0.3) is 0 Å². The van der Waals surface area contributed by atoms with Crippen molar-refractivity contribution in [3.8, 4) is 5.75 Å². The molecule has 2 amide bonds. The molecule has 0 spiro atoms. The van der Waals surface area contributed by atoms with Crippen LogP contribution in [0.3, 0.4) is 0 Å². The summed E-state index contributed by atoms with van der Waals surface area (Å²) in [5.74, 6) is 0.313. The van der Waals surface area contributed by atoms with E-state index in [1.807, 2.05) is 38.1 Å². The van der Waals surface area contributed by atoms with Crippen LogP contribution in [0.5, 0.6) is 5.75 Å². The first-order valence-corrected chi connectivity index (χ1v) is 9.14. The number of hydrogen-bond acceptors (Lipinski definition) is 5. The Balaban J connectivity index is 1.87. The summed E-state index contributed by atoms with van der Waals surface area (Å²) in [7, 11) is 1.62. The van der Waals surface area contributed by atoms with E-state index in [1.165, 1.54) is 0 Å². The van der Waals surface area contributed by atoms with Gasteiger partial charge in [0.1, 0.15) is 12.4 Å². The maximum absolute atomic E-state index is 12.2. The van der Waals surface area contributed by atoms with Crippen LogP contribution in [-0.4, -0.2) is 44.7 Å². The second-order valence-corrected chi connectivity index (χ2v) is 6.48. The Hall–Kier alpha value is -3.06. The van der Waals surface area contributed by atoms with Gasteiger partial charge in [0.15, 0.2) is 0 Å². The number of carbonyl (C=O) groups excluding carboxylic acids is 2. The molecule has 0 saturated heterocycles. The average Bonchev–Trinajstić information content (AvgIpc) is 2.67. The van der Waals surface area contributed by atoms with Crippen LogP contribution in [0.2, 0.25) is 0 Å². The van der Waals surface area contributed by atoms with Crippen molar-refractivity contribution < 1.29 is 19.1 Å². The Morgan fingerprint density at radius 1 is 1.00 bits per heavy atom. The van der Waals surface area contributed by atoms with Crippen molar-refractivity contribution in [1.29, 1.82) is 0 Å². The summed E-state index contributed by atoms with van der Waals surface area (Å²) in [6.45, 7) is 4.85. The Bertz CT molecular complexity index is 793. The topological polar surface area (TPSA) is 88.7 Å². The second-order valence-electron chi connectivity index (χ2n) is 6.48. The number of ether oxygens (including phenoxy) is 2. The smallest absolute Gasteiger partial charge is 0.251 e. The van der Waals surface area contributed by atoms with Crippen LogP contribution in [-0.2, 0) is 9.53 Å². The average molecular weight is 385 g/mol. The van der Waals surface area contributed by atoms with E-state index in [0.29, 0.717) is 30.2 Å². The van der Waals surface area contributed by atoms with E-state index in [0.717, 1.165) is 5.69 Å². The zero-order valence-corrected chi connectivity index (χ0v) is 16.5. The fourth-order valence-electron chi connectivity index (χ4n) is 2.41. The summed E-state index contributed by atoms with van der Waals surface area (Å²) in [4.78, 5) is 24.3. The molecule has 0 unspecified atom stereocenters. The second kappa shape index (κ2) is 10.9. The van der Waals surface area contributed by atoms with Crippen LogP contribution in [0.4, 0.5) is 11.4 Å². The summed E-state index contributed by atoms with van der Waals surface area (Å²) in [6, 6.07) is 14.2. The number of benzene rings is 2. The van der Waals surface area contributed by atoms with Crippen LogP contribution >= 0.6 is 0 Å². The maximum Gasteiger partial charge on any atom is 0.251 e. The fourth-order valence-corrected chi connectivity index (χ4v) is 2.41. The Kier molecular flexibility index (Phi) is 8.30. The molecule has 7 nitrogen and oxygen atoms in total. The summed E-state index contributed by atoms with van der Waals surface area (Å²) in [5, 5.41) is 8.67. The maximum atomic E-state index is 12.2. The molecule has 0 saturated carbocycles. The van der Waals surface area contributed by atoms with Crippen LogP contribution in [0, 0.1) is 0 Å². The molecule has 2 aromatic rings. The van der Waals surface area contributed by atoms with Crippen molar-refractivity contribution in [3.05, 3.63) is 54.1 Å². The molecule has 0 atom stereocenters. The lowest BCUT2D eigenvalue weighted by atomic mass is 10.1. The van der Waals surface area contributed by atoms with E-state index in [-0.39, 0.29) is 24.4 Å². The van der Waals surface area contributed by atoms with Crippen molar-refractivity contribution in [2.75, 3.05) is 37.5 Å². The van der Waals surface area contributed by atoms with Gasteiger partial charge < -0.3 is 25.4 Å². The van der Waals surface area contributed by atoms with Gasteiger partial charge in [-0.1, -0.05) is 12.1 Å². The number of hydrogen-bond donors (Lipinski definition) is 3. The molecule has 3 N–H and O–H groups in total. The minimum atomic E-state index is -0.216. The van der Waals surface area contributed by atoms with E-state index in [2.05, 4.69) is 16.0 Å². The molecule has 2 rings (SSSR count). The van der Waals surface area contributed by atoms with Crippen molar-refractivity contribution in [2.45, 2.75) is 19.9 Å². The molecule has 150 valence electrons. The van der Waals surface area contributed by atoms with Gasteiger partial charge in [0, 0.05) is 36.2 Å². The van der Waals surface area contributed by atoms with E-state index in [4.69, 9.17) is 9.47 Å². The van der Waals surface area contributed by atoms with Crippen molar-refractivity contribution in [3.63, 3.8) is 0 Å². The van der Waals surface area contributed by atoms with Gasteiger partial charge in [-0.3, -0.25) is 9.59 Å². The van der Waals surface area contributed by atoms with E-state index >= 15 is 0 Å². The third kappa shape index (κ3) is 7.28. The van der Waals surface area contributed by atoms with Crippen molar-refractivity contribution in [1.82, 2.24) is 5.32 Å². The summed E-state index contributed by atoms with van der Waals surface area (Å²) < 4.78 is 10.5. The fraction of sp³-hybridized carbons (Fsp3) is 0.333. The molecular weight excluding hydrogens is 358 g/mol. The van der Waals surface area contributed by atoms with Gasteiger partial charge in [-0.05, 0) is 44.2 Å². The van der Waals surface area contributed by atoms with E-state index < -0.39 is 0 Å². The highest BCUT2D eigenvalue weighted by atomic mass is 16.5. The van der Waals surface area contributed by atoms with Gasteiger partial charge in [0.2, 0.25) is 5.91 Å². The standard InChI is InChI=1S/C21H27N3O4/c1-15(2)23-21(26)16-6-4-8-18(12-16)24-20(25)14-22-17-7-5-9-19(13-17)28-11-10-27-3/h4-9,12-13,15,22H,10-11,14H2,1-3H3,(H,23,26)(H,24,25). The predicted octanol–water partition coefficient (Wildman–Crippen LogP) is 2.90. The highest BCUT2D eigenvalue weighted by Crippen LogP contribution is 2.17. The van der Waals surface area contributed by atoms with Crippen molar-refractivity contribution >= 4 is 23.2 Å². The predicted molar refractivity (Wildman–Crippen MR) is 110 cm³/mol. The first-order chi connectivity index (χ1) is 13.5. The quantitative estimate of drug-likeness (QED) is 0.547. The van der Waals surface area contributed by atoms with Gasteiger partial charge in [0.05, 0.1) is 13.2 Å². The molecule has 2 aromatic carbocycles. The third-order valence-electron chi connectivity index (χ3n) is 3.67. The molecular formula is C21H27N3O4. The summed E-state index contributed by atoms with van der Waals surface area (Å²) >= 11 is 0. The van der Waals surface area contributed by atoms with Gasteiger partial charge >= 0.3 is 0 Å². The van der Waals surface area contributed by atoms with Crippen LogP contribution < -0.4 is 20.7 Å². The molecule has 28 heavy (non-hydrogen) atoms. The molecule has 7 heteroatoms. The lowest BCUT2D eigenvalue weighted by Crippen LogP contribution is -2.30. The minimum absolute atomic E-state index is 0.0455. The number of nitrogens with one attached hydrogen (secondary N) is 3. The summed E-state index contributed by atoms with van der Waals surface area (Å²) in [6.07, 6.45) is 0. The largest absolute Gasteiger partial charge is 0.491 e. The monoisotopic (exact) mass is 385 g/mol. The third-order valence-corrected chi connectivity index (χ3v) is 3.67. The molecule has 0 aliphatic heterocycles. The normalized spacial score (nSPS) is 10.4. The Morgan fingerprint density at radius 2 is 1.75 bits per heavy atom. The molecule has 0 fully saturated rings. The Morgan fingerprint density at radius 3 is 2.50 bits per heavy atom. The van der Waals surface area contributed by atoms with Gasteiger partial charge in [-0.15, -0.1) is 0 Å². The molecule has 0 aliphatic carbocycles. The van der Waals surface area contributed by atoms with Crippen molar-refractivity contribution in [2.24, 2.45) is 0 Å². The van der Waals surface area contributed by atoms with E-state index in [1.54, 1.807) is 31.4 Å². The number of rotatable bonds is 10. The first kappa shape index (κ1) is 21.2. The number of methoxy groups -OCH3 is 1. The highest BCUT2D eigenvalue weighted by molar-refractivity contribution is 5.98. The Labute approximate surface area is 165 Å². The first-order valence-electron chi connectivity index (χ1n) is 9.14. The van der Waals surface area contributed by atoms with E-state index in [9.17, 15) is 9.59 Å². The molecule has 0 heterocycles. The van der Waals surface area contributed by atoms with Crippen LogP contribution in [0.1, 0.15) is 24.2 Å². The summed E-state index contributed by atoms with van der Waals surface area (Å²) in [5.41, 5.74) is 1.84. The SMILES string of the molecule is COCCOc1cccc(NCC(=O)Nc2cccc(C(=O)NC(C)C)c2)c1.